The number of hydrogen-bond donors (Lipinski definition) is 0. The van der Waals surface area contributed by atoms with Crippen molar-refractivity contribution in [2.24, 2.45) is 11.8 Å². The van der Waals surface area contributed by atoms with Crippen molar-refractivity contribution in [2.45, 2.75) is 104 Å². The van der Waals surface area contributed by atoms with Gasteiger partial charge in [-0.25, -0.2) is 12.1 Å². The molecule has 2 aromatic rings. The predicted molar refractivity (Wildman–Crippen MR) is 135 cm³/mol. The summed E-state index contributed by atoms with van der Waals surface area (Å²) in [6, 6.07) is 14.0. The second-order valence-electron chi connectivity index (χ2n) is 10.5. The number of hydrogen-bond acceptors (Lipinski definition) is 0. The topological polar surface area (TPSA) is 0 Å². The van der Waals surface area contributed by atoms with Crippen molar-refractivity contribution < 1.29 is 20.8 Å². The standard InChI is InChI=1S/2C14H21.2ClH.Zr/c2*1-11(2)14(8-4-5-9-14)13-7-6-12(3)10-13;;;/h2*6-7,10-11H,4-5,8-9H2,1-3H3;2*1H;/q2*-1;;;+4/p-2. The van der Waals surface area contributed by atoms with E-state index in [-0.39, 0.29) is 0 Å². The molecule has 31 heavy (non-hydrogen) atoms. The molecule has 0 aromatic heterocycles. The van der Waals surface area contributed by atoms with E-state index in [1.807, 2.05) is 0 Å². The van der Waals surface area contributed by atoms with Gasteiger partial charge in [-0.15, -0.1) is 0 Å². The summed E-state index contributed by atoms with van der Waals surface area (Å²) in [6.45, 7) is 13.9. The molecule has 0 bridgehead atoms. The molecule has 0 unspecified atom stereocenters. The van der Waals surface area contributed by atoms with Crippen molar-refractivity contribution in [2.75, 3.05) is 0 Å². The van der Waals surface area contributed by atoms with Gasteiger partial charge in [-0.3, -0.25) is 0 Å². The second kappa shape index (κ2) is 12.6. The fraction of sp³-hybridized carbons (Fsp3) is 0.643. The zero-order valence-electron chi connectivity index (χ0n) is 20.5. The zero-order chi connectivity index (χ0) is 23.1. The van der Waals surface area contributed by atoms with E-state index in [1.165, 1.54) is 62.5 Å². The molecule has 0 aliphatic heterocycles. The Bertz CT molecular complexity index is 691. The van der Waals surface area contributed by atoms with Crippen molar-refractivity contribution in [1.29, 1.82) is 0 Å². The summed E-state index contributed by atoms with van der Waals surface area (Å²) in [6.07, 6.45) is 11.3. The van der Waals surface area contributed by atoms with Gasteiger partial charge in [-0.2, -0.15) is 46.5 Å². The average Bonchev–Trinajstić information content (AvgIpc) is 3.50. The van der Waals surface area contributed by atoms with Crippen LogP contribution < -0.4 is 0 Å². The Morgan fingerprint density at radius 3 is 1.19 bits per heavy atom. The van der Waals surface area contributed by atoms with Crippen LogP contribution in [0.1, 0.15) is 101 Å². The molecular formula is C28H42Cl2Zr. The van der Waals surface area contributed by atoms with E-state index in [9.17, 15) is 0 Å². The molecule has 2 aromatic carbocycles. The molecule has 2 aliphatic rings. The Morgan fingerprint density at radius 2 is 1.00 bits per heavy atom. The Labute approximate surface area is 210 Å². The van der Waals surface area contributed by atoms with Crippen LogP contribution in [0, 0.1) is 25.7 Å². The van der Waals surface area contributed by atoms with E-state index in [4.69, 9.17) is 17.0 Å². The first-order chi connectivity index (χ1) is 14.7. The van der Waals surface area contributed by atoms with Gasteiger partial charge >= 0.3 is 37.9 Å². The molecule has 4 rings (SSSR count). The minimum atomic E-state index is -0.826. The van der Waals surface area contributed by atoms with E-state index in [1.54, 1.807) is 11.1 Å². The van der Waals surface area contributed by atoms with E-state index < -0.39 is 20.8 Å². The summed E-state index contributed by atoms with van der Waals surface area (Å²) in [7, 11) is 9.87. The van der Waals surface area contributed by atoms with Gasteiger partial charge in [0.1, 0.15) is 0 Å². The predicted octanol–water partition coefficient (Wildman–Crippen LogP) is 9.74. The zero-order valence-corrected chi connectivity index (χ0v) is 24.5. The summed E-state index contributed by atoms with van der Waals surface area (Å²) in [5.74, 6) is 1.57. The van der Waals surface area contributed by atoms with Gasteiger partial charge in [-0.05, 0) is 11.8 Å². The molecular weight excluding hydrogens is 498 g/mol. The molecule has 0 amide bonds. The molecule has 0 saturated heterocycles. The third kappa shape index (κ3) is 6.61. The summed E-state index contributed by atoms with van der Waals surface area (Å²) < 4.78 is 0. The van der Waals surface area contributed by atoms with Crippen molar-refractivity contribution in [3.05, 3.63) is 58.7 Å². The molecule has 0 radical (unpaired) electrons. The fourth-order valence-corrected chi connectivity index (χ4v) is 6.16. The fourth-order valence-electron chi connectivity index (χ4n) is 6.16. The average molecular weight is 541 g/mol. The molecule has 0 nitrogen and oxygen atoms in total. The summed E-state index contributed by atoms with van der Waals surface area (Å²) in [4.78, 5) is 0. The van der Waals surface area contributed by atoms with Crippen molar-refractivity contribution >= 4 is 17.0 Å². The summed E-state index contributed by atoms with van der Waals surface area (Å²) in [5, 5.41) is 0. The molecule has 0 spiro atoms. The Balaban J connectivity index is 0.000000196. The molecule has 3 heteroatoms. The quantitative estimate of drug-likeness (QED) is 0.339. The molecule has 0 heterocycles. The van der Waals surface area contributed by atoms with Crippen LogP contribution >= 0.6 is 17.0 Å². The summed E-state index contributed by atoms with van der Waals surface area (Å²) >= 11 is -0.826. The normalized spacial score (nSPS) is 18.9. The molecule has 0 N–H and O–H groups in total. The molecule has 2 fully saturated rings. The van der Waals surface area contributed by atoms with Crippen LogP contribution in [-0.2, 0) is 31.7 Å². The number of rotatable bonds is 4. The Kier molecular flexibility index (Phi) is 11.1. The van der Waals surface area contributed by atoms with Crippen molar-refractivity contribution in [3.63, 3.8) is 0 Å². The van der Waals surface area contributed by atoms with Crippen LogP contribution in [0.15, 0.2) is 36.4 Å². The SMILES string of the molecule is C[c-]1ccc(C2(C(C)C)CCCC2)c1.C[c-]1ccc(C2(C(C)C)CCCC2)c1.[Cl][Zr+2][Cl]. The maximum atomic E-state index is 4.93. The van der Waals surface area contributed by atoms with Crippen molar-refractivity contribution in [3.8, 4) is 0 Å². The first kappa shape index (κ1) is 27.4. The molecule has 172 valence electrons. The summed E-state index contributed by atoms with van der Waals surface area (Å²) in [5.41, 5.74) is 7.06. The Hall–Kier alpha value is 0.163. The van der Waals surface area contributed by atoms with Gasteiger partial charge in [0.15, 0.2) is 0 Å². The molecule has 0 atom stereocenters. The van der Waals surface area contributed by atoms with Gasteiger partial charge in [0.05, 0.1) is 0 Å². The van der Waals surface area contributed by atoms with Crippen LogP contribution in [0.3, 0.4) is 0 Å². The van der Waals surface area contributed by atoms with Crippen LogP contribution in [0.2, 0.25) is 0 Å². The van der Waals surface area contributed by atoms with E-state index >= 15 is 0 Å². The maximum absolute atomic E-state index is 4.93. The van der Waals surface area contributed by atoms with Crippen LogP contribution in [-0.4, -0.2) is 0 Å². The van der Waals surface area contributed by atoms with Gasteiger partial charge in [0.25, 0.3) is 0 Å². The van der Waals surface area contributed by atoms with E-state index in [0.29, 0.717) is 10.8 Å². The Morgan fingerprint density at radius 1 is 0.710 bits per heavy atom. The third-order valence-electron chi connectivity index (χ3n) is 8.17. The van der Waals surface area contributed by atoms with Crippen LogP contribution in [0.25, 0.3) is 0 Å². The second-order valence-corrected chi connectivity index (χ2v) is 14.2. The van der Waals surface area contributed by atoms with Gasteiger partial charge < -0.3 is 0 Å². The number of aryl methyl sites for hydroxylation is 2. The monoisotopic (exact) mass is 538 g/mol. The first-order valence-corrected chi connectivity index (χ1v) is 18.5. The van der Waals surface area contributed by atoms with E-state index in [0.717, 1.165) is 11.8 Å². The van der Waals surface area contributed by atoms with Crippen LogP contribution in [0.5, 0.6) is 0 Å². The van der Waals surface area contributed by atoms with Gasteiger partial charge in [-0.1, -0.05) is 104 Å². The van der Waals surface area contributed by atoms with Crippen molar-refractivity contribution in [1.82, 2.24) is 0 Å². The van der Waals surface area contributed by atoms with Crippen LogP contribution in [0.4, 0.5) is 0 Å². The van der Waals surface area contributed by atoms with Gasteiger partial charge in [0, 0.05) is 0 Å². The molecule has 2 aliphatic carbocycles. The van der Waals surface area contributed by atoms with Gasteiger partial charge in [0.2, 0.25) is 0 Å². The number of halogens is 2. The minimum absolute atomic E-state index is 0.508. The third-order valence-corrected chi connectivity index (χ3v) is 8.17. The molecule has 2 saturated carbocycles. The first-order valence-electron chi connectivity index (χ1n) is 12.2. The van der Waals surface area contributed by atoms with E-state index in [2.05, 4.69) is 77.9 Å².